The number of ether oxygens (including phenoxy) is 2. The number of carbonyl (C=O) groups is 1. The van der Waals surface area contributed by atoms with Gasteiger partial charge in [0.1, 0.15) is 0 Å². The van der Waals surface area contributed by atoms with E-state index >= 15 is 0 Å². The van der Waals surface area contributed by atoms with Gasteiger partial charge >= 0.3 is 5.97 Å². The predicted molar refractivity (Wildman–Crippen MR) is 64.7 cm³/mol. The zero-order chi connectivity index (χ0) is 12.1. The molecule has 1 atom stereocenters. The van der Waals surface area contributed by atoms with E-state index in [4.69, 9.17) is 15.2 Å². The van der Waals surface area contributed by atoms with Gasteiger partial charge in [-0.25, -0.2) is 4.79 Å². The Kier molecular flexibility index (Phi) is 3.98. The predicted octanol–water partition coefficient (Wildman–Crippen LogP) is 1.99. The SMILES string of the molecule is Nc1cccc(C(=O)OCCC2CCCO2)c1. The lowest BCUT2D eigenvalue weighted by Crippen LogP contribution is -2.13. The summed E-state index contributed by atoms with van der Waals surface area (Å²) in [7, 11) is 0. The normalized spacial score (nSPS) is 19.2. The Labute approximate surface area is 101 Å². The fourth-order valence-electron chi connectivity index (χ4n) is 1.90. The summed E-state index contributed by atoms with van der Waals surface area (Å²) >= 11 is 0. The van der Waals surface area contributed by atoms with Gasteiger partial charge in [0, 0.05) is 18.7 Å². The van der Waals surface area contributed by atoms with Gasteiger partial charge in [-0.3, -0.25) is 0 Å². The minimum absolute atomic E-state index is 0.253. The van der Waals surface area contributed by atoms with E-state index in [0.717, 1.165) is 25.9 Å². The molecule has 0 saturated carbocycles. The maximum absolute atomic E-state index is 11.7. The third kappa shape index (κ3) is 3.46. The molecule has 1 saturated heterocycles. The highest BCUT2D eigenvalue weighted by Gasteiger charge is 2.16. The van der Waals surface area contributed by atoms with Gasteiger partial charge in [0.2, 0.25) is 0 Å². The van der Waals surface area contributed by atoms with Crippen LogP contribution in [0.5, 0.6) is 0 Å². The largest absolute Gasteiger partial charge is 0.462 e. The molecule has 92 valence electrons. The van der Waals surface area contributed by atoms with E-state index in [1.54, 1.807) is 24.3 Å². The van der Waals surface area contributed by atoms with E-state index in [1.807, 2.05) is 0 Å². The Morgan fingerprint density at radius 3 is 3.12 bits per heavy atom. The molecule has 4 heteroatoms. The van der Waals surface area contributed by atoms with Gasteiger partial charge in [0.25, 0.3) is 0 Å². The number of carbonyl (C=O) groups excluding carboxylic acids is 1. The summed E-state index contributed by atoms with van der Waals surface area (Å²) in [5.74, 6) is -0.324. The average molecular weight is 235 g/mol. The van der Waals surface area contributed by atoms with Crippen LogP contribution in [0.3, 0.4) is 0 Å². The molecule has 1 aromatic carbocycles. The number of hydrogen-bond acceptors (Lipinski definition) is 4. The number of rotatable bonds is 4. The lowest BCUT2D eigenvalue weighted by Gasteiger charge is -2.09. The van der Waals surface area contributed by atoms with Crippen LogP contribution in [0.2, 0.25) is 0 Å². The molecule has 1 aliphatic rings. The first-order valence-corrected chi connectivity index (χ1v) is 5.90. The summed E-state index contributed by atoms with van der Waals surface area (Å²) in [6.45, 7) is 1.23. The summed E-state index contributed by atoms with van der Waals surface area (Å²) in [5.41, 5.74) is 6.66. The Hall–Kier alpha value is -1.55. The number of anilines is 1. The van der Waals surface area contributed by atoms with Gasteiger partial charge in [-0.2, -0.15) is 0 Å². The van der Waals surface area contributed by atoms with Crippen molar-refractivity contribution in [1.29, 1.82) is 0 Å². The molecule has 0 amide bonds. The van der Waals surface area contributed by atoms with Crippen LogP contribution in [-0.2, 0) is 9.47 Å². The van der Waals surface area contributed by atoms with Gasteiger partial charge in [-0.1, -0.05) is 6.07 Å². The van der Waals surface area contributed by atoms with Crippen molar-refractivity contribution in [1.82, 2.24) is 0 Å². The van der Waals surface area contributed by atoms with Gasteiger partial charge in [-0.15, -0.1) is 0 Å². The first kappa shape index (κ1) is 11.9. The zero-order valence-electron chi connectivity index (χ0n) is 9.72. The first-order valence-electron chi connectivity index (χ1n) is 5.90. The summed E-state index contributed by atoms with van der Waals surface area (Å²) < 4.78 is 10.6. The van der Waals surface area contributed by atoms with E-state index in [0.29, 0.717) is 17.9 Å². The van der Waals surface area contributed by atoms with Crippen molar-refractivity contribution in [2.45, 2.75) is 25.4 Å². The summed E-state index contributed by atoms with van der Waals surface area (Å²) in [4.78, 5) is 11.7. The molecular formula is C13H17NO3. The monoisotopic (exact) mass is 235 g/mol. The maximum Gasteiger partial charge on any atom is 0.338 e. The van der Waals surface area contributed by atoms with Crippen LogP contribution in [0.1, 0.15) is 29.6 Å². The van der Waals surface area contributed by atoms with Crippen LogP contribution in [-0.4, -0.2) is 25.3 Å². The Balaban J connectivity index is 1.77. The Morgan fingerprint density at radius 2 is 2.41 bits per heavy atom. The minimum atomic E-state index is -0.324. The molecule has 1 fully saturated rings. The van der Waals surface area contributed by atoms with E-state index in [2.05, 4.69) is 0 Å². The van der Waals surface area contributed by atoms with Crippen LogP contribution >= 0.6 is 0 Å². The molecule has 2 N–H and O–H groups in total. The molecule has 0 aromatic heterocycles. The highest BCUT2D eigenvalue weighted by atomic mass is 16.5. The molecule has 1 aliphatic heterocycles. The standard InChI is InChI=1S/C13H17NO3/c14-11-4-1-3-10(9-11)13(15)17-8-6-12-5-2-7-16-12/h1,3-4,9,12H,2,5-8,14H2. The number of nitrogens with two attached hydrogens (primary N) is 1. The lowest BCUT2D eigenvalue weighted by atomic mass is 10.2. The smallest absolute Gasteiger partial charge is 0.338 e. The number of hydrogen-bond donors (Lipinski definition) is 1. The molecule has 0 aliphatic carbocycles. The first-order chi connectivity index (χ1) is 8.25. The minimum Gasteiger partial charge on any atom is -0.462 e. The summed E-state index contributed by atoms with van der Waals surface area (Å²) in [6, 6.07) is 6.80. The van der Waals surface area contributed by atoms with Crippen LogP contribution < -0.4 is 5.73 Å². The molecule has 17 heavy (non-hydrogen) atoms. The average Bonchev–Trinajstić information content (AvgIpc) is 2.82. The molecule has 1 aromatic rings. The van der Waals surface area contributed by atoms with E-state index in [-0.39, 0.29) is 12.1 Å². The number of esters is 1. The molecule has 0 bridgehead atoms. The van der Waals surface area contributed by atoms with Gasteiger partial charge in [-0.05, 0) is 31.0 Å². The Morgan fingerprint density at radius 1 is 1.53 bits per heavy atom. The lowest BCUT2D eigenvalue weighted by molar-refractivity contribution is 0.0386. The van der Waals surface area contributed by atoms with Crippen molar-refractivity contribution in [2.75, 3.05) is 18.9 Å². The van der Waals surface area contributed by atoms with Gasteiger partial charge in [0.05, 0.1) is 18.3 Å². The number of benzene rings is 1. The highest BCUT2D eigenvalue weighted by Crippen LogP contribution is 2.15. The second kappa shape index (κ2) is 5.68. The molecule has 1 heterocycles. The molecule has 2 rings (SSSR count). The third-order valence-corrected chi connectivity index (χ3v) is 2.82. The Bertz CT molecular complexity index is 386. The summed E-state index contributed by atoms with van der Waals surface area (Å²) in [5, 5.41) is 0. The van der Waals surface area contributed by atoms with E-state index in [1.165, 1.54) is 0 Å². The van der Waals surface area contributed by atoms with Crippen LogP contribution in [0.25, 0.3) is 0 Å². The maximum atomic E-state index is 11.7. The fraction of sp³-hybridized carbons (Fsp3) is 0.462. The van der Waals surface area contributed by atoms with Crippen LogP contribution in [0, 0.1) is 0 Å². The van der Waals surface area contributed by atoms with E-state index in [9.17, 15) is 4.79 Å². The van der Waals surface area contributed by atoms with Gasteiger partial charge < -0.3 is 15.2 Å². The topological polar surface area (TPSA) is 61.6 Å². The second-order valence-corrected chi connectivity index (χ2v) is 4.19. The zero-order valence-corrected chi connectivity index (χ0v) is 9.72. The van der Waals surface area contributed by atoms with Crippen LogP contribution in [0.4, 0.5) is 5.69 Å². The molecule has 4 nitrogen and oxygen atoms in total. The third-order valence-electron chi connectivity index (χ3n) is 2.82. The van der Waals surface area contributed by atoms with Crippen molar-refractivity contribution < 1.29 is 14.3 Å². The fourth-order valence-corrected chi connectivity index (χ4v) is 1.90. The second-order valence-electron chi connectivity index (χ2n) is 4.19. The highest BCUT2D eigenvalue weighted by molar-refractivity contribution is 5.90. The summed E-state index contributed by atoms with van der Waals surface area (Å²) in [6.07, 6.45) is 3.20. The van der Waals surface area contributed by atoms with Crippen molar-refractivity contribution in [3.63, 3.8) is 0 Å². The molecular weight excluding hydrogens is 218 g/mol. The van der Waals surface area contributed by atoms with E-state index < -0.39 is 0 Å². The molecule has 0 radical (unpaired) electrons. The van der Waals surface area contributed by atoms with Crippen molar-refractivity contribution >= 4 is 11.7 Å². The van der Waals surface area contributed by atoms with Gasteiger partial charge in [0.15, 0.2) is 0 Å². The van der Waals surface area contributed by atoms with Crippen LogP contribution in [0.15, 0.2) is 24.3 Å². The molecule has 1 unspecified atom stereocenters. The number of nitrogen functional groups attached to an aromatic ring is 1. The van der Waals surface area contributed by atoms with Crippen molar-refractivity contribution in [3.05, 3.63) is 29.8 Å². The van der Waals surface area contributed by atoms with Crippen molar-refractivity contribution in [3.8, 4) is 0 Å². The quantitative estimate of drug-likeness (QED) is 0.640. The van der Waals surface area contributed by atoms with Crippen molar-refractivity contribution in [2.24, 2.45) is 0 Å². The molecule has 0 spiro atoms.